The molecule has 0 radical (unpaired) electrons. The SMILES string of the molecule is Cc1ccc2c(c1)CCN2c1nc(-c2cccnc2)nc2ccc(-c3cc(F)cc(F)c3)cc12. The molecule has 2 aromatic heterocycles. The van der Waals surface area contributed by atoms with Crippen LogP contribution in [0.5, 0.6) is 0 Å². The van der Waals surface area contributed by atoms with Crippen molar-refractivity contribution in [1.29, 1.82) is 0 Å². The number of fused-ring (bicyclic) bond motifs is 2. The minimum atomic E-state index is -0.609. The lowest BCUT2D eigenvalue weighted by molar-refractivity contribution is 0.584. The van der Waals surface area contributed by atoms with Crippen molar-refractivity contribution in [2.24, 2.45) is 0 Å². The molecule has 0 aliphatic carbocycles. The number of hydrogen-bond acceptors (Lipinski definition) is 4. The Morgan fingerprint density at radius 3 is 2.47 bits per heavy atom. The summed E-state index contributed by atoms with van der Waals surface area (Å²) < 4.78 is 27.8. The normalized spacial score (nSPS) is 12.9. The zero-order chi connectivity index (χ0) is 23.2. The fraction of sp³-hybridized carbons (Fsp3) is 0.107. The predicted octanol–water partition coefficient (Wildman–Crippen LogP) is 6.64. The Balaban J connectivity index is 1.58. The van der Waals surface area contributed by atoms with Crippen LogP contribution in [0.25, 0.3) is 33.4 Å². The average molecular weight is 450 g/mol. The smallest absolute Gasteiger partial charge is 0.163 e. The van der Waals surface area contributed by atoms with Crippen molar-refractivity contribution in [3.05, 3.63) is 102 Å². The second kappa shape index (κ2) is 7.99. The summed E-state index contributed by atoms with van der Waals surface area (Å²) in [6.45, 7) is 2.88. The molecule has 0 fully saturated rings. The third kappa shape index (κ3) is 3.57. The molecule has 4 nitrogen and oxygen atoms in total. The van der Waals surface area contributed by atoms with Gasteiger partial charge < -0.3 is 4.90 Å². The molecule has 0 spiro atoms. The maximum Gasteiger partial charge on any atom is 0.163 e. The van der Waals surface area contributed by atoms with Gasteiger partial charge in [-0.1, -0.05) is 23.8 Å². The maximum absolute atomic E-state index is 13.9. The number of anilines is 2. The topological polar surface area (TPSA) is 41.9 Å². The van der Waals surface area contributed by atoms with Gasteiger partial charge >= 0.3 is 0 Å². The molecule has 166 valence electrons. The van der Waals surface area contributed by atoms with E-state index in [1.807, 2.05) is 30.3 Å². The van der Waals surface area contributed by atoms with E-state index in [2.05, 4.69) is 35.0 Å². The number of hydrogen-bond donors (Lipinski definition) is 0. The molecule has 0 amide bonds. The molecule has 0 saturated heterocycles. The summed E-state index contributed by atoms with van der Waals surface area (Å²) in [6, 6.07) is 19.4. The first-order valence-electron chi connectivity index (χ1n) is 11.1. The molecule has 1 aliphatic heterocycles. The molecule has 0 N–H and O–H groups in total. The van der Waals surface area contributed by atoms with Crippen molar-refractivity contribution in [1.82, 2.24) is 15.0 Å². The molecule has 0 bridgehead atoms. The van der Waals surface area contributed by atoms with Crippen molar-refractivity contribution in [2.75, 3.05) is 11.4 Å². The Morgan fingerprint density at radius 2 is 1.68 bits per heavy atom. The minimum Gasteiger partial charge on any atom is -0.325 e. The summed E-state index contributed by atoms with van der Waals surface area (Å²) >= 11 is 0. The predicted molar refractivity (Wildman–Crippen MR) is 130 cm³/mol. The molecule has 3 aromatic carbocycles. The van der Waals surface area contributed by atoms with Crippen LogP contribution in [0.2, 0.25) is 0 Å². The highest BCUT2D eigenvalue weighted by atomic mass is 19.1. The van der Waals surface area contributed by atoms with Crippen molar-refractivity contribution in [3.63, 3.8) is 0 Å². The van der Waals surface area contributed by atoms with Crippen LogP contribution in [-0.4, -0.2) is 21.5 Å². The highest BCUT2D eigenvalue weighted by Gasteiger charge is 2.24. The first-order valence-corrected chi connectivity index (χ1v) is 11.1. The number of pyridine rings is 1. The zero-order valence-corrected chi connectivity index (χ0v) is 18.5. The van der Waals surface area contributed by atoms with Gasteiger partial charge in [-0.25, -0.2) is 18.7 Å². The minimum absolute atomic E-state index is 0.471. The zero-order valence-electron chi connectivity index (χ0n) is 18.5. The Kier molecular flexibility index (Phi) is 4.80. The van der Waals surface area contributed by atoms with Crippen molar-refractivity contribution < 1.29 is 8.78 Å². The van der Waals surface area contributed by atoms with Crippen molar-refractivity contribution >= 4 is 22.4 Å². The van der Waals surface area contributed by atoms with Crippen LogP contribution in [0.15, 0.2) is 79.1 Å². The van der Waals surface area contributed by atoms with Crippen LogP contribution in [0, 0.1) is 18.6 Å². The van der Waals surface area contributed by atoms with Gasteiger partial charge in [-0.05, 0) is 72.5 Å². The van der Waals surface area contributed by atoms with E-state index in [0.717, 1.165) is 47.0 Å². The quantitative estimate of drug-likeness (QED) is 0.309. The van der Waals surface area contributed by atoms with E-state index in [0.29, 0.717) is 17.0 Å². The van der Waals surface area contributed by atoms with Gasteiger partial charge in [0.05, 0.1) is 5.52 Å². The van der Waals surface area contributed by atoms with Gasteiger partial charge in [0.2, 0.25) is 0 Å². The van der Waals surface area contributed by atoms with E-state index >= 15 is 0 Å². The molecule has 0 unspecified atom stereocenters. The molecular weight excluding hydrogens is 430 g/mol. The van der Waals surface area contributed by atoms with E-state index < -0.39 is 11.6 Å². The van der Waals surface area contributed by atoms with Crippen LogP contribution in [0.1, 0.15) is 11.1 Å². The number of nitrogens with zero attached hydrogens (tertiary/aromatic N) is 4. The Bertz CT molecular complexity index is 1530. The summed E-state index contributed by atoms with van der Waals surface area (Å²) in [5.41, 5.74) is 6.37. The highest BCUT2D eigenvalue weighted by Crippen LogP contribution is 2.39. The summed E-state index contributed by atoms with van der Waals surface area (Å²) in [4.78, 5) is 16.2. The fourth-order valence-corrected chi connectivity index (χ4v) is 4.59. The molecule has 6 heteroatoms. The van der Waals surface area contributed by atoms with Gasteiger partial charge in [-0.15, -0.1) is 0 Å². The van der Waals surface area contributed by atoms with E-state index in [1.165, 1.54) is 23.3 Å². The van der Waals surface area contributed by atoms with Crippen molar-refractivity contribution in [2.45, 2.75) is 13.3 Å². The molecule has 6 rings (SSSR count). The number of aromatic nitrogens is 3. The van der Waals surface area contributed by atoms with E-state index in [9.17, 15) is 8.78 Å². The number of halogens is 2. The standard InChI is InChI=1S/C28H20F2N4/c1-17-4-7-26-19(11-17)8-10-34(26)28-24-14-18(21-12-22(29)15-23(30)13-21)5-6-25(24)32-27(33-28)20-3-2-9-31-16-20/h2-7,9,11-16H,8,10H2,1H3. The first kappa shape index (κ1) is 20.4. The van der Waals surface area contributed by atoms with Crippen LogP contribution < -0.4 is 4.90 Å². The molecule has 5 aromatic rings. The monoisotopic (exact) mass is 450 g/mol. The van der Waals surface area contributed by atoms with Gasteiger partial charge in [-0.3, -0.25) is 4.98 Å². The van der Waals surface area contributed by atoms with Crippen LogP contribution >= 0.6 is 0 Å². The number of benzene rings is 3. The molecular formula is C28H20F2N4. The summed E-state index contributed by atoms with van der Waals surface area (Å²) in [5, 5.41) is 0.822. The lowest BCUT2D eigenvalue weighted by Crippen LogP contribution is -2.16. The Morgan fingerprint density at radius 1 is 0.824 bits per heavy atom. The lowest BCUT2D eigenvalue weighted by Gasteiger charge is -2.21. The van der Waals surface area contributed by atoms with E-state index in [4.69, 9.17) is 9.97 Å². The summed E-state index contributed by atoms with van der Waals surface area (Å²) in [5.74, 6) is 0.135. The van der Waals surface area contributed by atoms with Gasteiger partial charge in [0.1, 0.15) is 17.5 Å². The second-order valence-corrected chi connectivity index (χ2v) is 8.54. The second-order valence-electron chi connectivity index (χ2n) is 8.54. The van der Waals surface area contributed by atoms with Crippen LogP contribution in [0.3, 0.4) is 0 Å². The summed E-state index contributed by atoms with van der Waals surface area (Å²) in [6.07, 6.45) is 4.38. The van der Waals surface area contributed by atoms with E-state index in [1.54, 1.807) is 12.4 Å². The lowest BCUT2D eigenvalue weighted by atomic mass is 10.0. The largest absolute Gasteiger partial charge is 0.325 e. The van der Waals surface area contributed by atoms with Gasteiger partial charge in [0.15, 0.2) is 5.82 Å². The number of rotatable bonds is 3. The number of aryl methyl sites for hydroxylation is 1. The molecule has 1 aliphatic rings. The van der Waals surface area contributed by atoms with Crippen LogP contribution in [-0.2, 0) is 6.42 Å². The summed E-state index contributed by atoms with van der Waals surface area (Å²) in [7, 11) is 0. The van der Waals surface area contributed by atoms with Gasteiger partial charge in [0.25, 0.3) is 0 Å². The fourth-order valence-electron chi connectivity index (χ4n) is 4.59. The average Bonchev–Trinajstić information content (AvgIpc) is 3.26. The van der Waals surface area contributed by atoms with Gasteiger partial charge in [-0.2, -0.15) is 0 Å². The third-order valence-corrected chi connectivity index (χ3v) is 6.18. The molecule has 0 atom stereocenters. The molecule has 0 saturated carbocycles. The third-order valence-electron chi connectivity index (χ3n) is 6.18. The Labute approximate surface area is 195 Å². The Hall–Kier alpha value is -4.19. The maximum atomic E-state index is 13.9. The molecule has 34 heavy (non-hydrogen) atoms. The van der Waals surface area contributed by atoms with E-state index in [-0.39, 0.29) is 0 Å². The van der Waals surface area contributed by atoms with Crippen molar-refractivity contribution in [3.8, 4) is 22.5 Å². The molecule has 3 heterocycles. The first-order chi connectivity index (χ1) is 16.5. The van der Waals surface area contributed by atoms with Crippen LogP contribution in [0.4, 0.5) is 20.3 Å². The van der Waals surface area contributed by atoms with Gasteiger partial charge in [0, 0.05) is 41.6 Å². The highest BCUT2D eigenvalue weighted by molar-refractivity contribution is 5.96.